The Hall–Kier alpha value is -1.69. The monoisotopic (exact) mass is 483 g/mol. The van der Waals surface area contributed by atoms with Crippen LogP contribution in [0.1, 0.15) is 65.2 Å². The van der Waals surface area contributed by atoms with E-state index in [9.17, 15) is 14.4 Å². The lowest BCUT2D eigenvalue weighted by molar-refractivity contribution is 0.0861. The number of fused-ring (bicyclic) bond motifs is 1. The maximum atomic E-state index is 13.0. The molecule has 0 amide bonds. The van der Waals surface area contributed by atoms with Crippen molar-refractivity contribution in [2.24, 2.45) is 23.2 Å². The molecule has 0 heterocycles. The van der Waals surface area contributed by atoms with Crippen molar-refractivity contribution in [2.75, 3.05) is 5.75 Å². The maximum Gasteiger partial charge on any atom is 0.0811 e. The molecule has 0 saturated heterocycles. The van der Waals surface area contributed by atoms with Gasteiger partial charge in [-0.1, -0.05) is 56.4 Å². The third kappa shape index (κ3) is 5.12. The van der Waals surface area contributed by atoms with Crippen LogP contribution in [0.15, 0.2) is 70.7 Å². The predicted molar refractivity (Wildman–Crippen MR) is 139 cm³/mol. The van der Waals surface area contributed by atoms with E-state index >= 15 is 0 Å². The first-order valence-electron chi connectivity index (χ1n) is 12.9. The van der Waals surface area contributed by atoms with E-state index in [4.69, 9.17) is 4.78 Å². The van der Waals surface area contributed by atoms with Gasteiger partial charge in [0.2, 0.25) is 0 Å². The summed E-state index contributed by atoms with van der Waals surface area (Å²) in [7, 11) is -2.75. The molecule has 3 aliphatic carbocycles. The van der Waals surface area contributed by atoms with E-state index in [0.29, 0.717) is 41.2 Å². The van der Waals surface area contributed by atoms with Crippen molar-refractivity contribution >= 4 is 9.73 Å². The Kier molecular flexibility index (Phi) is 7.56. The zero-order chi connectivity index (χ0) is 24.5. The Morgan fingerprint density at radius 1 is 1.24 bits per heavy atom. The van der Waals surface area contributed by atoms with Crippen molar-refractivity contribution < 1.29 is 14.4 Å². The molecule has 0 spiro atoms. The molecule has 1 aromatic rings. The van der Waals surface area contributed by atoms with Gasteiger partial charge in [0.15, 0.2) is 0 Å². The van der Waals surface area contributed by atoms with E-state index in [-0.39, 0.29) is 5.41 Å². The third-order valence-electron chi connectivity index (χ3n) is 8.97. The van der Waals surface area contributed by atoms with Gasteiger partial charge in [0.25, 0.3) is 0 Å². The van der Waals surface area contributed by atoms with E-state index in [1.807, 2.05) is 30.3 Å². The zero-order valence-corrected chi connectivity index (χ0v) is 21.5. The molecule has 3 fully saturated rings. The fourth-order valence-corrected chi connectivity index (χ4v) is 8.53. The highest BCUT2D eigenvalue weighted by Gasteiger charge is 2.50. The summed E-state index contributed by atoms with van der Waals surface area (Å²) in [5.74, 6) is 1.99. The second-order valence-corrected chi connectivity index (χ2v) is 13.4. The van der Waals surface area contributed by atoms with Gasteiger partial charge in [-0.15, -0.1) is 0 Å². The quantitative estimate of drug-likeness (QED) is 0.447. The molecule has 4 rings (SSSR count). The van der Waals surface area contributed by atoms with E-state index in [1.54, 1.807) is 0 Å². The van der Waals surface area contributed by atoms with Crippen LogP contribution in [-0.2, 0) is 9.73 Å². The average molecular weight is 484 g/mol. The van der Waals surface area contributed by atoms with Crippen LogP contribution in [0.4, 0.5) is 0 Å². The third-order valence-corrected chi connectivity index (χ3v) is 10.8. The molecular weight excluding hydrogens is 442 g/mol. The SMILES string of the molecule is C=C1/C(=C\C=C2/CCC[C@@]3(C)[C@H]2CC[C@H]3[C@H](C)CC[S@@](=N)(=O)c2ccccc2)C[C@@H](O)C[C@@H]1O. The van der Waals surface area contributed by atoms with Crippen LogP contribution in [0.5, 0.6) is 0 Å². The minimum Gasteiger partial charge on any atom is -0.393 e. The van der Waals surface area contributed by atoms with Crippen molar-refractivity contribution in [1.82, 2.24) is 0 Å². The first-order chi connectivity index (χ1) is 16.1. The summed E-state index contributed by atoms with van der Waals surface area (Å²) in [4.78, 5) is 0.646. The Morgan fingerprint density at radius 3 is 2.71 bits per heavy atom. The van der Waals surface area contributed by atoms with E-state index in [0.717, 1.165) is 24.0 Å². The van der Waals surface area contributed by atoms with Crippen LogP contribution < -0.4 is 0 Å². The molecule has 186 valence electrons. The summed E-state index contributed by atoms with van der Waals surface area (Å²) in [6.07, 6.45) is 10.8. The van der Waals surface area contributed by atoms with Crippen LogP contribution >= 0.6 is 0 Å². The largest absolute Gasteiger partial charge is 0.393 e. The fraction of sp³-hybridized carbons (Fsp3) is 0.586. The summed E-state index contributed by atoms with van der Waals surface area (Å²) >= 11 is 0. The average Bonchev–Trinajstić information content (AvgIpc) is 3.17. The molecule has 3 N–H and O–H groups in total. The first-order valence-corrected chi connectivity index (χ1v) is 14.6. The maximum absolute atomic E-state index is 13.0. The van der Waals surface area contributed by atoms with Crippen LogP contribution in [-0.4, -0.2) is 32.4 Å². The van der Waals surface area contributed by atoms with Crippen molar-refractivity contribution in [3.63, 3.8) is 0 Å². The number of benzene rings is 1. The van der Waals surface area contributed by atoms with Crippen molar-refractivity contribution in [1.29, 1.82) is 4.78 Å². The number of hydrogen-bond acceptors (Lipinski definition) is 4. The smallest absolute Gasteiger partial charge is 0.0811 e. The molecule has 0 aromatic heterocycles. The highest BCUT2D eigenvalue weighted by atomic mass is 32.2. The van der Waals surface area contributed by atoms with Gasteiger partial charge in [-0.3, -0.25) is 0 Å². The van der Waals surface area contributed by atoms with Crippen molar-refractivity contribution in [3.05, 3.63) is 65.8 Å². The number of rotatable bonds is 6. The van der Waals surface area contributed by atoms with Gasteiger partial charge < -0.3 is 10.2 Å². The fourth-order valence-electron chi connectivity index (χ4n) is 6.99. The normalized spacial score (nSPS) is 36.9. The molecule has 0 bridgehead atoms. The van der Waals surface area contributed by atoms with Crippen LogP contribution in [0.2, 0.25) is 0 Å². The second-order valence-electron chi connectivity index (χ2n) is 11.1. The topological polar surface area (TPSA) is 81.4 Å². The number of allylic oxidation sites excluding steroid dienone is 3. The molecule has 3 aliphatic rings. The second kappa shape index (κ2) is 10.1. The minimum absolute atomic E-state index is 0.236. The Labute approximate surface area is 205 Å². The zero-order valence-electron chi connectivity index (χ0n) is 20.7. The van der Waals surface area contributed by atoms with E-state index in [1.165, 1.54) is 31.3 Å². The molecule has 4 nitrogen and oxygen atoms in total. The van der Waals surface area contributed by atoms with Crippen LogP contribution in [0, 0.1) is 27.9 Å². The molecule has 7 atom stereocenters. The summed E-state index contributed by atoms with van der Waals surface area (Å²) in [6, 6.07) is 9.27. The summed E-state index contributed by atoms with van der Waals surface area (Å²) < 4.78 is 21.5. The Balaban J connectivity index is 1.46. The summed E-state index contributed by atoms with van der Waals surface area (Å²) in [5.41, 5.74) is 3.45. The lowest BCUT2D eigenvalue weighted by Gasteiger charge is -2.44. The lowest BCUT2D eigenvalue weighted by Crippen LogP contribution is -2.36. The molecule has 5 heteroatoms. The molecule has 0 unspecified atom stereocenters. The van der Waals surface area contributed by atoms with E-state index < -0.39 is 21.9 Å². The molecule has 0 radical (unpaired) electrons. The Morgan fingerprint density at radius 2 is 1.97 bits per heavy atom. The van der Waals surface area contributed by atoms with Crippen molar-refractivity contribution in [3.8, 4) is 0 Å². The number of hydrogen-bond donors (Lipinski definition) is 3. The van der Waals surface area contributed by atoms with Crippen LogP contribution in [0.3, 0.4) is 0 Å². The predicted octanol–water partition coefficient (Wildman–Crippen LogP) is 6.26. The first kappa shape index (κ1) is 25.4. The van der Waals surface area contributed by atoms with Gasteiger partial charge in [0.1, 0.15) is 0 Å². The molecule has 0 aliphatic heterocycles. The number of aliphatic hydroxyl groups excluding tert-OH is 2. The van der Waals surface area contributed by atoms with Gasteiger partial charge in [0.05, 0.1) is 21.9 Å². The van der Waals surface area contributed by atoms with Crippen LogP contribution in [0.25, 0.3) is 0 Å². The highest BCUT2D eigenvalue weighted by molar-refractivity contribution is 7.92. The van der Waals surface area contributed by atoms with Gasteiger partial charge in [-0.25, -0.2) is 8.99 Å². The number of aliphatic hydroxyl groups is 2. The van der Waals surface area contributed by atoms with Gasteiger partial charge in [0, 0.05) is 17.1 Å². The summed E-state index contributed by atoms with van der Waals surface area (Å²) in [5, 5.41) is 20.2. The standard InChI is InChI=1S/C29H41NO3S/c1-20(15-17-34(30,33)25-9-5-4-6-10-25)26-13-14-27-22(8-7-16-29(26,27)3)11-12-23-18-24(31)19-28(32)21(23)2/h4-6,9-12,20,24,26-28,30-32H,2,7-8,13-19H2,1,3H3/b22-11+,23-12-/t20-,24-,26+,27+,28+,29-,34-/m1/s1. The molecular formula is C29H41NO3S. The highest BCUT2D eigenvalue weighted by Crippen LogP contribution is 2.59. The molecule has 34 heavy (non-hydrogen) atoms. The lowest BCUT2D eigenvalue weighted by atomic mass is 9.61. The number of nitrogens with one attached hydrogen (secondary N) is 1. The Bertz CT molecular complexity index is 1060. The van der Waals surface area contributed by atoms with Crippen molar-refractivity contribution in [2.45, 2.75) is 82.3 Å². The molecule has 1 aromatic carbocycles. The minimum atomic E-state index is -2.75. The van der Waals surface area contributed by atoms with Gasteiger partial charge in [-0.05, 0) is 91.4 Å². The van der Waals surface area contributed by atoms with E-state index in [2.05, 4.69) is 32.6 Å². The molecule has 3 saturated carbocycles. The summed E-state index contributed by atoms with van der Waals surface area (Å²) in [6.45, 7) is 8.81. The van der Waals surface area contributed by atoms with Gasteiger partial charge >= 0.3 is 0 Å². The van der Waals surface area contributed by atoms with Gasteiger partial charge in [-0.2, -0.15) is 0 Å².